The molecule has 4 heteroatoms. The second kappa shape index (κ2) is 5.06. The summed E-state index contributed by atoms with van der Waals surface area (Å²) in [5, 5.41) is 0. The standard InChI is InChI=1S/C18H20O4/c1-17(2,3)16-21-15(20)18(22-16,12-7-5-4-6-8-12)13-9-10-14(19)11-13/h4-8,11,16H,9-10H2,1-3H3/t16-,18+/m0/s1. The number of hydrogen-bond donors (Lipinski definition) is 0. The van der Waals surface area contributed by atoms with Gasteiger partial charge in [0, 0.05) is 11.8 Å². The molecule has 4 nitrogen and oxygen atoms in total. The van der Waals surface area contributed by atoms with Gasteiger partial charge in [0.25, 0.3) is 0 Å². The second-order valence-electron chi connectivity index (χ2n) is 6.90. The Bertz CT molecular complexity index is 639. The van der Waals surface area contributed by atoms with E-state index < -0.39 is 17.9 Å². The van der Waals surface area contributed by atoms with Crippen LogP contribution in [0.2, 0.25) is 0 Å². The number of carbonyl (C=O) groups is 2. The van der Waals surface area contributed by atoms with Crippen LogP contribution in [-0.4, -0.2) is 18.0 Å². The summed E-state index contributed by atoms with van der Waals surface area (Å²) in [6, 6.07) is 9.28. The van der Waals surface area contributed by atoms with Crippen LogP contribution in [0.4, 0.5) is 0 Å². The normalized spacial score (nSPS) is 28.7. The first kappa shape index (κ1) is 15.0. The molecule has 1 fully saturated rings. The van der Waals surface area contributed by atoms with Gasteiger partial charge >= 0.3 is 5.97 Å². The van der Waals surface area contributed by atoms with E-state index >= 15 is 0 Å². The lowest BCUT2D eigenvalue weighted by molar-refractivity contribution is -0.155. The Morgan fingerprint density at radius 3 is 2.27 bits per heavy atom. The highest BCUT2D eigenvalue weighted by Crippen LogP contribution is 2.47. The Hall–Kier alpha value is -1.94. The lowest BCUT2D eigenvalue weighted by Crippen LogP contribution is -2.36. The summed E-state index contributed by atoms with van der Waals surface area (Å²) in [5.74, 6) is -0.402. The summed E-state index contributed by atoms with van der Waals surface area (Å²) in [4.78, 5) is 24.4. The third-order valence-electron chi connectivity index (χ3n) is 4.10. The van der Waals surface area contributed by atoms with Crippen LogP contribution < -0.4 is 0 Å². The van der Waals surface area contributed by atoms with Crippen LogP contribution in [-0.2, 0) is 24.7 Å². The Morgan fingerprint density at radius 1 is 1.09 bits per heavy atom. The van der Waals surface area contributed by atoms with Crippen molar-refractivity contribution in [3.05, 3.63) is 47.5 Å². The molecule has 0 N–H and O–H groups in total. The Balaban J connectivity index is 2.11. The van der Waals surface area contributed by atoms with Gasteiger partial charge in [-0.1, -0.05) is 51.1 Å². The molecule has 1 aliphatic heterocycles. The number of benzene rings is 1. The van der Waals surface area contributed by atoms with Crippen molar-refractivity contribution in [3.8, 4) is 0 Å². The molecular weight excluding hydrogens is 280 g/mol. The van der Waals surface area contributed by atoms with Gasteiger partial charge in [0.1, 0.15) is 0 Å². The van der Waals surface area contributed by atoms with Gasteiger partial charge in [0.15, 0.2) is 5.78 Å². The van der Waals surface area contributed by atoms with Gasteiger partial charge < -0.3 is 9.47 Å². The molecule has 1 aromatic carbocycles. The second-order valence-corrected chi connectivity index (χ2v) is 6.90. The van der Waals surface area contributed by atoms with Gasteiger partial charge in [0.2, 0.25) is 11.9 Å². The molecule has 0 spiro atoms. The number of rotatable bonds is 2. The smallest absolute Gasteiger partial charge is 0.350 e. The van der Waals surface area contributed by atoms with E-state index in [4.69, 9.17) is 9.47 Å². The predicted molar refractivity (Wildman–Crippen MR) is 80.9 cm³/mol. The number of esters is 1. The summed E-state index contributed by atoms with van der Waals surface area (Å²) in [6.07, 6.45) is 1.84. The first-order valence-electron chi connectivity index (χ1n) is 7.52. The molecule has 116 valence electrons. The summed E-state index contributed by atoms with van der Waals surface area (Å²) in [5.41, 5.74) is -0.214. The fourth-order valence-corrected chi connectivity index (χ4v) is 2.89. The molecule has 22 heavy (non-hydrogen) atoms. The molecule has 3 rings (SSSR count). The van der Waals surface area contributed by atoms with Crippen LogP contribution >= 0.6 is 0 Å². The molecule has 1 heterocycles. The molecule has 2 atom stereocenters. The van der Waals surface area contributed by atoms with Crippen LogP contribution in [0.15, 0.2) is 42.0 Å². The van der Waals surface area contributed by atoms with Crippen molar-refractivity contribution < 1.29 is 19.1 Å². The number of carbonyl (C=O) groups excluding carboxylic acids is 2. The molecule has 0 saturated carbocycles. The highest BCUT2D eigenvalue weighted by molar-refractivity contribution is 5.97. The maximum atomic E-state index is 12.7. The number of cyclic esters (lactones) is 1. The number of hydrogen-bond acceptors (Lipinski definition) is 4. The zero-order valence-corrected chi connectivity index (χ0v) is 13.1. The number of ketones is 1. The summed E-state index contributed by atoms with van der Waals surface area (Å²) in [7, 11) is 0. The number of ether oxygens (including phenoxy) is 2. The largest absolute Gasteiger partial charge is 0.432 e. The molecule has 1 aliphatic carbocycles. The van der Waals surface area contributed by atoms with E-state index in [1.54, 1.807) is 6.08 Å². The van der Waals surface area contributed by atoms with E-state index in [0.717, 1.165) is 0 Å². The van der Waals surface area contributed by atoms with Crippen molar-refractivity contribution in [1.82, 2.24) is 0 Å². The van der Waals surface area contributed by atoms with Crippen LogP contribution in [0, 0.1) is 5.41 Å². The molecular formula is C18H20O4. The van der Waals surface area contributed by atoms with Crippen molar-refractivity contribution in [2.75, 3.05) is 0 Å². The highest BCUT2D eigenvalue weighted by Gasteiger charge is 2.57. The minimum atomic E-state index is -1.29. The Kier molecular flexibility index (Phi) is 3.44. The van der Waals surface area contributed by atoms with E-state index in [-0.39, 0.29) is 11.2 Å². The highest BCUT2D eigenvalue weighted by atomic mass is 16.8. The van der Waals surface area contributed by atoms with Gasteiger partial charge in [-0.2, -0.15) is 0 Å². The van der Waals surface area contributed by atoms with Crippen LogP contribution in [0.5, 0.6) is 0 Å². The number of allylic oxidation sites excluding steroid dienone is 1. The summed E-state index contributed by atoms with van der Waals surface area (Å²) < 4.78 is 11.7. The average Bonchev–Trinajstić information content (AvgIpc) is 3.04. The predicted octanol–water partition coefficient (Wildman–Crippen LogP) is 3.12. The quantitative estimate of drug-likeness (QED) is 0.787. The van der Waals surface area contributed by atoms with E-state index in [1.807, 2.05) is 51.1 Å². The molecule has 0 amide bonds. The zero-order valence-electron chi connectivity index (χ0n) is 13.1. The summed E-state index contributed by atoms with van der Waals surface area (Å²) >= 11 is 0. The van der Waals surface area contributed by atoms with Gasteiger partial charge in [-0.05, 0) is 23.6 Å². The first-order valence-corrected chi connectivity index (χ1v) is 7.52. The maximum Gasteiger partial charge on any atom is 0.350 e. The van der Waals surface area contributed by atoms with Crippen molar-refractivity contribution >= 4 is 11.8 Å². The van der Waals surface area contributed by atoms with Crippen molar-refractivity contribution in [2.24, 2.45) is 5.41 Å². The molecule has 1 aromatic rings. The lowest BCUT2D eigenvalue weighted by Gasteiger charge is -2.29. The van der Waals surface area contributed by atoms with E-state index in [0.29, 0.717) is 24.0 Å². The molecule has 2 aliphatic rings. The monoisotopic (exact) mass is 300 g/mol. The van der Waals surface area contributed by atoms with Gasteiger partial charge in [-0.3, -0.25) is 4.79 Å². The van der Waals surface area contributed by atoms with E-state index in [9.17, 15) is 9.59 Å². The van der Waals surface area contributed by atoms with Crippen molar-refractivity contribution in [2.45, 2.75) is 45.5 Å². The molecule has 0 bridgehead atoms. The minimum absolute atomic E-state index is 0.0286. The first-order chi connectivity index (χ1) is 10.3. The van der Waals surface area contributed by atoms with Gasteiger partial charge in [-0.25, -0.2) is 4.79 Å². The average molecular weight is 300 g/mol. The van der Waals surface area contributed by atoms with Crippen molar-refractivity contribution in [1.29, 1.82) is 0 Å². The van der Waals surface area contributed by atoms with E-state index in [1.165, 1.54) is 0 Å². The van der Waals surface area contributed by atoms with Gasteiger partial charge in [-0.15, -0.1) is 0 Å². The third-order valence-corrected chi connectivity index (χ3v) is 4.10. The summed E-state index contributed by atoms with van der Waals surface area (Å²) in [6.45, 7) is 5.88. The fourth-order valence-electron chi connectivity index (χ4n) is 2.89. The molecule has 0 aromatic heterocycles. The van der Waals surface area contributed by atoms with Gasteiger partial charge in [0.05, 0.1) is 0 Å². The van der Waals surface area contributed by atoms with Crippen LogP contribution in [0.3, 0.4) is 0 Å². The van der Waals surface area contributed by atoms with Crippen LogP contribution in [0.25, 0.3) is 0 Å². The topological polar surface area (TPSA) is 52.6 Å². The maximum absolute atomic E-state index is 12.7. The minimum Gasteiger partial charge on any atom is -0.432 e. The third kappa shape index (κ3) is 2.28. The fraction of sp³-hybridized carbons (Fsp3) is 0.444. The lowest BCUT2D eigenvalue weighted by atomic mass is 9.85. The van der Waals surface area contributed by atoms with E-state index in [2.05, 4.69) is 0 Å². The Labute approximate surface area is 130 Å². The molecule has 0 radical (unpaired) electrons. The molecule has 0 unspecified atom stereocenters. The Morgan fingerprint density at radius 2 is 1.77 bits per heavy atom. The zero-order chi connectivity index (χ0) is 16.0. The van der Waals surface area contributed by atoms with Crippen LogP contribution in [0.1, 0.15) is 39.2 Å². The SMILES string of the molecule is CC(C)(C)[C@H]1OC(=O)[C@](C2=CC(=O)CC2)(c2ccccc2)O1. The van der Waals surface area contributed by atoms with Crippen molar-refractivity contribution in [3.63, 3.8) is 0 Å². The molecule has 1 saturated heterocycles.